The van der Waals surface area contributed by atoms with Crippen molar-refractivity contribution >= 4 is 31.9 Å². The Labute approximate surface area is 157 Å². The van der Waals surface area contributed by atoms with Crippen LogP contribution < -0.4 is 0 Å². The summed E-state index contributed by atoms with van der Waals surface area (Å²) in [6, 6.07) is 7.85. The van der Waals surface area contributed by atoms with Crippen LogP contribution >= 0.6 is 0 Å². The highest BCUT2D eigenvalue weighted by Gasteiger charge is 2.53. The first kappa shape index (κ1) is 19.4. The van der Waals surface area contributed by atoms with Gasteiger partial charge in [-0.05, 0) is 12.0 Å². The molecule has 1 fully saturated rings. The molecule has 0 spiro atoms. The molecule has 1 aromatic carbocycles. The number of nitrogens with zero attached hydrogens (tertiary/aromatic N) is 2. The van der Waals surface area contributed by atoms with Crippen molar-refractivity contribution in [3.8, 4) is 0 Å². The van der Waals surface area contributed by atoms with E-state index >= 15 is 0 Å². The summed E-state index contributed by atoms with van der Waals surface area (Å²) < 4.78 is 54.0. The highest BCUT2D eigenvalue weighted by Crippen LogP contribution is 2.39. The maximum absolute atomic E-state index is 12.5. The second-order valence-corrected chi connectivity index (χ2v) is 10.2. The number of amides is 2. The van der Waals surface area contributed by atoms with E-state index in [-0.39, 0.29) is 25.3 Å². The lowest BCUT2D eigenvalue weighted by Gasteiger charge is -2.20. The van der Waals surface area contributed by atoms with Gasteiger partial charge in [0.2, 0.25) is 10.0 Å². The van der Waals surface area contributed by atoms with Crippen molar-refractivity contribution in [2.24, 2.45) is 0 Å². The number of likely N-dealkylation sites (tertiary alicyclic amines) is 1. The molecule has 0 unspecified atom stereocenters. The first-order chi connectivity index (χ1) is 12.5. The van der Waals surface area contributed by atoms with Crippen LogP contribution in [-0.2, 0) is 36.0 Å². The fraction of sp³-hybridized carbons (Fsp3) is 0.375. The van der Waals surface area contributed by atoms with Crippen molar-refractivity contribution in [2.75, 3.05) is 19.1 Å². The van der Waals surface area contributed by atoms with Crippen molar-refractivity contribution in [3.05, 3.63) is 46.5 Å². The molecule has 2 heterocycles. The van der Waals surface area contributed by atoms with Crippen molar-refractivity contribution < 1.29 is 31.2 Å². The van der Waals surface area contributed by atoms with Crippen LogP contribution in [0.5, 0.6) is 0 Å². The van der Waals surface area contributed by atoms with Gasteiger partial charge in [-0.25, -0.2) is 25.9 Å². The zero-order valence-corrected chi connectivity index (χ0v) is 16.3. The van der Waals surface area contributed by atoms with E-state index in [1.807, 2.05) is 6.07 Å². The average Bonchev–Trinajstić information content (AvgIpc) is 3.08. The minimum absolute atomic E-state index is 0.0356. The van der Waals surface area contributed by atoms with Gasteiger partial charge in [0.05, 0.1) is 18.0 Å². The first-order valence-corrected chi connectivity index (χ1v) is 11.7. The molecule has 0 aliphatic carbocycles. The van der Waals surface area contributed by atoms with Gasteiger partial charge in [-0.15, -0.1) is 0 Å². The summed E-state index contributed by atoms with van der Waals surface area (Å²) in [5.41, 5.74) is 0.602. The molecule has 0 bridgehead atoms. The lowest BCUT2D eigenvalue weighted by atomic mass is 10.2. The van der Waals surface area contributed by atoms with Crippen LogP contribution in [0.15, 0.2) is 40.9 Å². The third-order valence-corrected chi connectivity index (χ3v) is 6.56. The molecule has 3 rings (SSSR count). The molecule has 9 nitrogen and oxygen atoms in total. The predicted octanol–water partition coefficient (Wildman–Crippen LogP) is 0.456. The van der Waals surface area contributed by atoms with Gasteiger partial charge in [-0.3, -0.25) is 9.69 Å². The van der Waals surface area contributed by atoms with E-state index in [9.17, 15) is 26.4 Å². The molecule has 0 N–H and O–H groups in total. The Morgan fingerprint density at radius 1 is 1.15 bits per heavy atom. The number of hydrogen-bond donors (Lipinski definition) is 0. The number of ether oxygens (including phenoxy) is 1. The van der Waals surface area contributed by atoms with Gasteiger partial charge in [-0.2, -0.15) is 0 Å². The minimum atomic E-state index is -4.06. The summed E-state index contributed by atoms with van der Waals surface area (Å²) in [5, 5.41) is 0. The van der Waals surface area contributed by atoms with Gasteiger partial charge in [-0.1, -0.05) is 30.3 Å². The summed E-state index contributed by atoms with van der Waals surface area (Å²) in [4.78, 5) is 25.3. The number of carbonyl (C=O) groups excluding carboxylic acids is 2. The Morgan fingerprint density at radius 2 is 1.78 bits per heavy atom. The lowest BCUT2D eigenvalue weighted by molar-refractivity contribution is -0.121. The second-order valence-electron chi connectivity index (χ2n) is 6.35. The van der Waals surface area contributed by atoms with E-state index in [2.05, 4.69) is 0 Å². The summed E-state index contributed by atoms with van der Waals surface area (Å²) in [6.45, 7) is 0.0119. The number of sulfone groups is 1. The zero-order chi connectivity index (χ0) is 20.0. The van der Waals surface area contributed by atoms with E-state index in [1.54, 1.807) is 24.3 Å². The van der Waals surface area contributed by atoms with Crippen LogP contribution in [0.1, 0.15) is 12.0 Å². The molecule has 0 radical (unpaired) electrons. The van der Waals surface area contributed by atoms with Crippen molar-refractivity contribution in [1.29, 1.82) is 0 Å². The van der Waals surface area contributed by atoms with Gasteiger partial charge >= 0.3 is 6.09 Å². The number of hydrogen-bond acceptors (Lipinski definition) is 7. The van der Waals surface area contributed by atoms with E-state index in [1.165, 1.54) is 0 Å². The van der Waals surface area contributed by atoms with Gasteiger partial charge in [0.15, 0.2) is 14.7 Å². The SMILES string of the molecule is CS(=O)(=O)C1=C2[C@H](CCN2C(=O)OCc2ccccc2)N(S(C)(=O)=O)C1=O. The summed E-state index contributed by atoms with van der Waals surface area (Å²) >= 11 is 0. The molecule has 1 atom stereocenters. The summed E-state index contributed by atoms with van der Waals surface area (Å²) in [6.07, 6.45) is 0.903. The third-order valence-electron chi connectivity index (χ3n) is 4.30. The molecular weight excluding hydrogens is 396 g/mol. The Kier molecular flexibility index (Phi) is 4.76. The molecule has 146 valence electrons. The van der Waals surface area contributed by atoms with Crippen LogP contribution in [-0.4, -0.2) is 63.1 Å². The van der Waals surface area contributed by atoms with Crippen LogP contribution in [0.2, 0.25) is 0 Å². The Balaban J connectivity index is 1.93. The standard InChI is InChI=1S/C16H18N2O7S2/c1-26(21,22)14-13-12(18(15(14)19)27(2,23)24)8-9-17(13)16(20)25-10-11-6-4-3-5-7-11/h3-7,12H,8-10H2,1-2H3/t12-/m0/s1. The average molecular weight is 414 g/mol. The van der Waals surface area contributed by atoms with Crippen molar-refractivity contribution in [3.63, 3.8) is 0 Å². The van der Waals surface area contributed by atoms with E-state index in [0.717, 1.165) is 23.0 Å². The number of benzene rings is 1. The molecule has 1 aromatic rings. The second kappa shape index (κ2) is 6.64. The zero-order valence-electron chi connectivity index (χ0n) is 14.7. The molecule has 11 heteroatoms. The number of carbonyl (C=O) groups is 2. The Bertz CT molecular complexity index is 1030. The van der Waals surface area contributed by atoms with Crippen molar-refractivity contribution in [2.45, 2.75) is 19.1 Å². The van der Waals surface area contributed by atoms with Gasteiger partial charge in [0.25, 0.3) is 5.91 Å². The number of sulfonamides is 1. The molecular formula is C16H18N2O7S2. The summed E-state index contributed by atoms with van der Waals surface area (Å²) in [7, 11) is -8.06. The Morgan fingerprint density at radius 3 is 2.33 bits per heavy atom. The molecule has 2 aliphatic rings. The topological polar surface area (TPSA) is 118 Å². The maximum atomic E-state index is 12.5. The quantitative estimate of drug-likeness (QED) is 0.702. The fourth-order valence-electron chi connectivity index (χ4n) is 3.26. The van der Waals surface area contributed by atoms with Gasteiger partial charge in [0.1, 0.15) is 6.61 Å². The van der Waals surface area contributed by atoms with E-state index < -0.39 is 42.8 Å². The normalized spacial score (nSPS) is 20.2. The molecule has 1 saturated heterocycles. The van der Waals surface area contributed by atoms with Crippen LogP contribution in [0.3, 0.4) is 0 Å². The fourth-order valence-corrected chi connectivity index (χ4v) is 5.42. The lowest BCUT2D eigenvalue weighted by Crippen LogP contribution is -2.39. The first-order valence-electron chi connectivity index (χ1n) is 7.98. The van der Waals surface area contributed by atoms with Crippen LogP contribution in [0.4, 0.5) is 4.79 Å². The highest BCUT2D eigenvalue weighted by molar-refractivity contribution is 7.96. The number of fused-ring (bicyclic) bond motifs is 1. The highest BCUT2D eigenvalue weighted by atomic mass is 32.2. The smallest absolute Gasteiger partial charge is 0.414 e. The maximum Gasteiger partial charge on any atom is 0.414 e. The summed E-state index contributed by atoms with van der Waals surface area (Å²) in [5.74, 6) is -1.14. The number of rotatable bonds is 4. The largest absolute Gasteiger partial charge is 0.444 e. The van der Waals surface area contributed by atoms with Crippen molar-refractivity contribution in [1.82, 2.24) is 9.21 Å². The Hall–Kier alpha value is -2.40. The molecule has 0 saturated carbocycles. The van der Waals surface area contributed by atoms with E-state index in [0.29, 0.717) is 4.31 Å². The minimum Gasteiger partial charge on any atom is -0.444 e. The molecule has 2 aliphatic heterocycles. The predicted molar refractivity (Wildman–Crippen MR) is 95.3 cm³/mol. The van der Waals surface area contributed by atoms with Gasteiger partial charge in [0, 0.05) is 12.8 Å². The van der Waals surface area contributed by atoms with Crippen LogP contribution in [0.25, 0.3) is 0 Å². The van der Waals surface area contributed by atoms with Gasteiger partial charge < -0.3 is 4.74 Å². The third kappa shape index (κ3) is 3.56. The van der Waals surface area contributed by atoms with Crippen LogP contribution in [0, 0.1) is 0 Å². The molecule has 2 amide bonds. The monoisotopic (exact) mass is 414 g/mol. The molecule has 27 heavy (non-hydrogen) atoms. The molecule has 0 aromatic heterocycles. The van der Waals surface area contributed by atoms with E-state index in [4.69, 9.17) is 4.74 Å².